The van der Waals surface area contributed by atoms with E-state index in [1.807, 2.05) is 19.9 Å². The van der Waals surface area contributed by atoms with Gasteiger partial charge in [0.15, 0.2) is 0 Å². The van der Waals surface area contributed by atoms with Crippen molar-refractivity contribution >= 4 is 17.6 Å². The molecule has 1 heterocycles. The highest BCUT2D eigenvalue weighted by molar-refractivity contribution is 5.95. The predicted octanol–water partition coefficient (Wildman–Crippen LogP) is 2.89. The highest BCUT2D eigenvalue weighted by Gasteiger charge is 2.14. The van der Waals surface area contributed by atoms with Crippen LogP contribution in [0, 0.1) is 0 Å². The monoisotopic (exact) mass is 423 g/mol. The molecule has 2 aromatic rings. The summed E-state index contributed by atoms with van der Waals surface area (Å²) in [5.41, 5.74) is 3.56. The van der Waals surface area contributed by atoms with E-state index in [9.17, 15) is 9.59 Å². The Labute approximate surface area is 184 Å². The third kappa shape index (κ3) is 7.38. The van der Waals surface area contributed by atoms with E-state index in [2.05, 4.69) is 51.0 Å². The minimum atomic E-state index is -0.261. The number of hydrogen-bond donors (Lipinski definition) is 3. The Hall–Kier alpha value is -2.90. The molecular formula is C24H33N5O2. The summed E-state index contributed by atoms with van der Waals surface area (Å²) in [6.45, 7) is 9.59. The molecule has 0 aromatic heterocycles. The van der Waals surface area contributed by atoms with E-state index in [-0.39, 0.29) is 18.0 Å². The maximum atomic E-state index is 12.5. The molecule has 0 radical (unpaired) electrons. The van der Waals surface area contributed by atoms with Gasteiger partial charge in [0, 0.05) is 56.6 Å². The summed E-state index contributed by atoms with van der Waals surface area (Å²) >= 11 is 0. The van der Waals surface area contributed by atoms with Crippen LogP contribution in [-0.4, -0.2) is 61.0 Å². The van der Waals surface area contributed by atoms with Crippen molar-refractivity contribution in [3.8, 4) is 0 Å². The van der Waals surface area contributed by atoms with Crippen LogP contribution in [0.25, 0.3) is 0 Å². The quantitative estimate of drug-likeness (QED) is 0.640. The first kappa shape index (κ1) is 22.8. The molecule has 0 aliphatic carbocycles. The summed E-state index contributed by atoms with van der Waals surface area (Å²) in [4.78, 5) is 29.1. The molecule has 0 spiro atoms. The Morgan fingerprint density at radius 2 is 1.65 bits per heavy atom. The molecule has 0 atom stereocenters. The molecule has 7 nitrogen and oxygen atoms in total. The van der Waals surface area contributed by atoms with Crippen molar-refractivity contribution in [2.75, 3.05) is 38.5 Å². The van der Waals surface area contributed by atoms with Crippen molar-refractivity contribution in [3.63, 3.8) is 0 Å². The fraction of sp³-hybridized carbons (Fsp3) is 0.417. The van der Waals surface area contributed by atoms with E-state index in [1.54, 1.807) is 24.3 Å². The number of carbonyl (C=O) groups excluding carboxylic acids is 2. The van der Waals surface area contributed by atoms with Crippen molar-refractivity contribution < 1.29 is 9.59 Å². The van der Waals surface area contributed by atoms with Crippen molar-refractivity contribution in [2.24, 2.45) is 0 Å². The molecule has 3 N–H and O–H groups in total. The van der Waals surface area contributed by atoms with Gasteiger partial charge in [0.2, 0.25) is 0 Å². The van der Waals surface area contributed by atoms with Crippen molar-refractivity contribution in [1.82, 2.24) is 20.4 Å². The third-order valence-electron chi connectivity index (χ3n) is 5.27. The van der Waals surface area contributed by atoms with Crippen LogP contribution in [0.2, 0.25) is 0 Å². The lowest BCUT2D eigenvalue weighted by molar-refractivity contribution is 0.0951. The van der Waals surface area contributed by atoms with E-state index < -0.39 is 0 Å². The van der Waals surface area contributed by atoms with Gasteiger partial charge < -0.3 is 20.9 Å². The maximum absolute atomic E-state index is 12.5. The third-order valence-corrected chi connectivity index (χ3v) is 5.27. The fourth-order valence-electron chi connectivity index (χ4n) is 3.52. The van der Waals surface area contributed by atoms with Gasteiger partial charge in [0.25, 0.3) is 5.91 Å². The van der Waals surface area contributed by atoms with Gasteiger partial charge in [-0.3, -0.25) is 9.69 Å². The number of piperazine rings is 1. The number of likely N-dealkylation sites (N-methyl/N-ethyl adjacent to an activating group) is 1. The first-order valence-corrected chi connectivity index (χ1v) is 10.8. The predicted molar refractivity (Wildman–Crippen MR) is 124 cm³/mol. The summed E-state index contributed by atoms with van der Waals surface area (Å²) in [6, 6.07) is 15.1. The summed E-state index contributed by atoms with van der Waals surface area (Å²) in [5, 5.41) is 8.49. The number of benzene rings is 2. The Balaban J connectivity index is 1.49. The lowest BCUT2D eigenvalue weighted by Crippen LogP contribution is -2.43. The van der Waals surface area contributed by atoms with Gasteiger partial charge in [-0.2, -0.15) is 0 Å². The van der Waals surface area contributed by atoms with Crippen LogP contribution in [0.4, 0.5) is 10.5 Å². The molecule has 2 aromatic carbocycles. The minimum Gasteiger partial charge on any atom is -0.348 e. The molecule has 1 fully saturated rings. The molecular weight excluding hydrogens is 390 g/mol. The van der Waals surface area contributed by atoms with Crippen LogP contribution in [-0.2, 0) is 13.1 Å². The minimum absolute atomic E-state index is 0.0603. The number of rotatable bonds is 7. The molecule has 31 heavy (non-hydrogen) atoms. The van der Waals surface area contributed by atoms with Crippen LogP contribution < -0.4 is 16.0 Å². The molecule has 0 saturated carbocycles. The summed E-state index contributed by atoms with van der Waals surface area (Å²) in [5.74, 6) is -0.136. The average Bonchev–Trinajstić information content (AvgIpc) is 2.74. The van der Waals surface area contributed by atoms with Gasteiger partial charge in [-0.1, -0.05) is 24.3 Å². The highest BCUT2D eigenvalue weighted by atomic mass is 16.2. The number of anilines is 1. The lowest BCUT2D eigenvalue weighted by atomic mass is 10.1. The number of hydrogen-bond acceptors (Lipinski definition) is 4. The van der Waals surface area contributed by atoms with Gasteiger partial charge in [-0.15, -0.1) is 0 Å². The Kier molecular flexibility index (Phi) is 8.03. The van der Waals surface area contributed by atoms with E-state index in [4.69, 9.17) is 0 Å². The largest absolute Gasteiger partial charge is 0.348 e. The molecule has 166 valence electrons. The van der Waals surface area contributed by atoms with E-state index in [0.29, 0.717) is 17.8 Å². The van der Waals surface area contributed by atoms with Gasteiger partial charge >= 0.3 is 6.03 Å². The average molecular weight is 424 g/mol. The molecule has 3 amide bonds. The summed E-state index contributed by atoms with van der Waals surface area (Å²) in [7, 11) is 2.16. The standard InChI is InChI=1S/C24H33N5O2/c1-18(2)26-24(31)27-22-9-7-21(8-10-22)23(30)25-16-19-5-4-6-20(15-19)17-29-13-11-28(3)12-14-29/h4-10,15,18H,11-14,16-17H2,1-3H3,(H,25,30)(H2,26,27,31). The van der Waals surface area contributed by atoms with Crippen LogP contribution in [0.15, 0.2) is 48.5 Å². The second-order valence-corrected chi connectivity index (χ2v) is 8.41. The molecule has 0 unspecified atom stereocenters. The van der Waals surface area contributed by atoms with E-state index >= 15 is 0 Å². The number of urea groups is 1. The number of amides is 3. The second kappa shape index (κ2) is 10.9. The number of nitrogens with zero attached hydrogens (tertiary/aromatic N) is 2. The van der Waals surface area contributed by atoms with Crippen molar-refractivity contribution in [2.45, 2.75) is 33.0 Å². The van der Waals surface area contributed by atoms with Crippen molar-refractivity contribution in [1.29, 1.82) is 0 Å². The maximum Gasteiger partial charge on any atom is 0.319 e. The molecule has 7 heteroatoms. The zero-order chi connectivity index (χ0) is 22.2. The molecule has 3 rings (SSSR count). The first-order chi connectivity index (χ1) is 14.9. The smallest absolute Gasteiger partial charge is 0.319 e. The Bertz CT molecular complexity index is 874. The van der Waals surface area contributed by atoms with E-state index in [1.165, 1.54) is 5.56 Å². The van der Waals surface area contributed by atoms with Crippen LogP contribution in [0.5, 0.6) is 0 Å². The summed E-state index contributed by atoms with van der Waals surface area (Å²) in [6.07, 6.45) is 0. The number of carbonyl (C=O) groups is 2. The molecule has 1 aliphatic heterocycles. The van der Waals surface area contributed by atoms with E-state index in [0.717, 1.165) is 38.3 Å². The Morgan fingerprint density at radius 1 is 0.968 bits per heavy atom. The summed E-state index contributed by atoms with van der Waals surface area (Å²) < 4.78 is 0. The van der Waals surface area contributed by atoms with Gasteiger partial charge in [0.05, 0.1) is 0 Å². The topological polar surface area (TPSA) is 76.7 Å². The second-order valence-electron chi connectivity index (χ2n) is 8.41. The van der Waals surface area contributed by atoms with Crippen LogP contribution in [0.3, 0.4) is 0 Å². The molecule has 1 saturated heterocycles. The highest BCUT2D eigenvalue weighted by Crippen LogP contribution is 2.12. The zero-order valence-corrected chi connectivity index (χ0v) is 18.6. The lowest BCUT2D eigenvalue weighted by Gasteiger charge is -2.32. The zero-order valence-electron chi connectivity index (χ0n) is 18.6. The molecule has 1 aliphatic rings. The van der Waals surface area contributed by atoms with Gasteiger partial charge in [0.1, 0.15) is 0 Å². The SMILES string of the molecule is CC(C)NC(=O)Nc1ccc(C(=O)NCc2cccc(CN3CCN(C)CC3)c2)cc1. The molecule has 0 bridgehead atoms. The van der Waals surface area contributed by atoms with Crippen LogP contribution >= 0.6 is 0 Å². The number of nitrogens with one attached hydrogen (secondary N) is 3. The van der Waals surface area contributed by atoms with Gasteiger partial charge in [-0.05, 0) is 56.3 Å². The van der Waals surface area contributed by atoms with Gasteiger partial charge in [-0.25, -0.2) is 4.79 Å². The van der Waals surface area contributed by atoms with Crippen molar-refractivity contribution in [3.05, 3.63) is 65.2 Å². The van der Waals surface area contributed by atoms with Crippen LogP contribution in [0.1, 0.15) is 35.3 Å². The first-order valence-electron chi connectivity index (χ1n) is 10.8. The Morgan fingerprint density at radius 3 is 2.32 bits per heavy atom. The normalized spacial score (nSPS) is 15.0. The fourth-order valence-corrected chi connectivity index (χ4v) is 3.52.